The van der Waals surface area contributed by atoms with Crippen molar-refractivity contribution in [2.45, 2.75) is 51.5 Å². The number of benzene rings is 2. The molecule has 2 heterocycles. The van der Waals surface area contributed by atoms with Gasteiger partial charge in [0.1, 0.15) is 0 Å². The van der Waals surface area contributed by atoms with Crippen LogP contribution in [0.1, 0.15) is 49.7 Å². The van der Waals surface area contributed by atoms with Crippen molar-refractivity contribution in [2.24, 2.45) is 11.8 Å². The number of amides is 2. The van der Waals surface area contributed by atoms with Crippen LogP contribution in [0.25, 0.3) is 0 Å². The highest BCUT2D eigenvalue weighted by Crippen LogP contribution is 2.26. The van der Waals surface area contributed by atoms with Crippen molar-refractivity contribution >= 4 is 11.8 Å². The predicted octanol–water partition coefficient (Wildman–Crippen LogP) is 4.69. The highest BCUT2D eigenvalue weighted by Gasteiger charge is 2.31. The Morgan fingerprint density at radius 2 is 1.45 bits per heavy atom. The minimum absolute atomic E-state index is 0.161. The van der Waals surface area contributed by atoms with Gasteiger partial charge in [-0.1, -0.05) is 67.1 Å². The molecular weight excluding hydrogens is 384 g/mol. The Hall–Kier alpha value is -2.62. The molecule has 31 heavy (non-hydrogen) atoms. The van der Waals surface area contributed by atoms with Crippen molar-refractivity contribution < 1.29 is 9.59 Å². The van der Waals surface area contributed by atoms with Crippen molar-refractivity contribution in [1.82, 2.24) is 9.80 Å². The molecule has 0 N–H and O–H groups in total. The van der Waals surface area contributed by atoms with Crippen LogP contribution >= 0.6 is 0 Å². The van der Waals surface area contributed by atoms with E-state index < -0.39 is 0 Å². The molecule has 2 aliphatic rings. The van der Waals surface area contributed by atoms with Gasteiger partial charge in [-0.25, -0.2) is 0 Å². The Bertz CT molecular complexity index is 844. The summed E-state index contributed by atoms with van der Waals surface area (Å²) in [5.74, 6) is 0.805. The molecular formula is C27H34N2O2. The molecule has 0 aliphatic carbocycles. The topological polar surface area (TPSA) is 40.6 Å². The molecule has 4 rings (SSSR count). The van der Waals surface area contributed by atoms with Crippen molar-refractivity contribution in [1.29, 1.82) is 0 Å². The second-order valence-electron chi connectivity index (χ2n) is 9.16. The van der Waals surface area contributed by atoms with Crippen LogP contribution < -0.4 is 0 Å². The van der Waals surface area contributed by atoms with Crippen LogP contribution in [-0.2, 0) is 22.6 Å². The summed E-state index contributed by atoms with van der Waals surface area (Å²) in [4.78, 5) is 30.2. The Balaban J connectivity index is 1.28. The number of carbonyl (C=O) groups excluding carboxylic acids is 2. The Labute approximate surface area is 186 Å². The maximum atomic E-state index is 13.2. The van der Waals surface area contributed by atoms with Gasteiger partial charge in [-0.05, 0) is 49.1 Å². The third kappa shape index (κ3) is 5.96. The third-order valence-electron chi connectivity index (χ3n) is 6.86. The molecule has 2 saturated heterocycles. The third-order valence-corrected chi connectivity index (χ3v) is 6.86. The Morgan fingerprint density at radius 3 is 2.13 bits per heavy atom. The van der Waals surface area contributed by atoms with Gasteiger partial charge in [-0.2, -0.15) is 0 Å². The zero-order valence-corrected chi connectivity index (χ0v) is 18.4. The van der Waals surface area contributed by atoms with E-state index in [1.165, 1.54) is 5.56 Å². The second-order valence-corrected chi connectivity index (χ2v) is 9.16. The first-order valence-corrected chi connectivity index (χ1v) is 11.8. The fourth-order valence-electron chi connectivity index (χ4n) is 5.01. The summed E-state index contributed by atoms with van der Waals surface area (Å²) in [6, 6.07) is 20.8. The van der Waals surface area contributed by atoms with E-state index in [4.69, 9.17) is 0 Å². The molecule has 2 aromatic carbocycles. The lowest BCUT2D eigenvalue weighted by atomic mass is 9.89. The first kappa shape index (κ1) is 21.6. The van der Waals surface area contributed by atoms with Gasteiger partial charge in [0, 0.05) is 38.5 Å². The Kier molecular flexibility index (Phi) is 7.39. The van der Waals surface area contributed by atoms with Crippen LogP contribution in [0.3, 0.4) is 0 Å². The van der Waals surface area contributed by atoms with Crippen molar-refractivity contribution in [3.8, 4) is 0 Å². The standard InChI is InChI=1S/C27H34N2O2/c30-26(28-17-14-23(15-18-28)19-22-9-3-1-4-10-22)20-25-13-7-8-16-29(27(25)31)21-24-11-5-2-6-12-24/h1-6,9-12,23,25H,7-8,13-21H2. The van der Waals surface area contributed by atoms with Gasteiger partial charge in [0.05, 0.1) is 0 Å². The molecule has 4 heteroatoms. The van der Waals surface area contributed by atoms with E-state index in [9.17, 15) is 9.59 Å². The highest BCUT2D eigenvalue weighted by molar-refractivity contribution is 5.86. The van der Waals surface area contributed by atoms with Crippen molar-refractivity contribution in [3.63, 3.8) is 0 Å². The smallest absolute Gasteiger partial charge is 0.226 e. The molecule has 2 aliphatic heterocycles. The summed E-state index contributed by atoms with van der Waals surface area (Å²) in [6.07, 6.45) is 6.45. The zero-order valence-electron chi connectivity index (χ0n) is 18.4. The van der Waals surface area contributed by atoms with Gasteiger partial charge in [-0.15, -0.1) is 0 Å². The highest BCUT2D eigenvalue weighted by atomic mass is 16.2. The van der Waals surface area contributed by atoms with Gasteiger partial charge < -0.3 is 9.80 Å². The predicted molar refractivity (Wildman–Crippen MR) is 123 cm³/mol. The summed E-state index contributed by atoms with van der Waals surface area (Å²) >= 11 is 0. The van der Waals surface area contributed by atoms with Crippen molar-refractivity contribution in [2.75, 3.05) is 19.6 Å². The van der Waals surface area contributed by atoms with Crippen LogP contribution in [0.2, 0.25) is 0 Å². The van der Waals surface area contributed by atoms with Gasteiger partial charge in [0.25, 0.3) is 0 Å². The summed E-state index contributed by atoms with van der Waals surface area (Å²) in [5.41, 5.74) is 2.54. The molecule has 164 valence electrons. The molecule has 1 unspecified atom stereocenters. The molecule has 2 amide bonds. The maximum Gasteiger partial charge on any atom is 0.226 e. The van der Waals surface area contributed by atoms with Crippen LogP contribution in [0.4, 0.5) is 0 Å². The molecule has 2 aromatic rings. The average Bonchev–Trinajstić information content (AvgIpc) is 2.97. The zero-order chi connectivity index (χ0) is 21.5. The summed E-state index contributed by atoms with van der Waals surface area (Å²) in [5, 5.41) is 0. The van der Waals surface area contributed by atoms with Crippen LogP contribution in [0.15, 0.2) is 60.7 Å². The average molecular weight is 419 g/mol. The minimum atomic E-state index is -0.166. The fraction of sp³-hybridized carbons (Fsp3) is 0.481. The number of carbonyl (C=O) groups is 2. The number of nitrogens with zero attached hydrogens (tertiary/aromatic N) is 2. The van der Waals surface area contributed by atoms with E-state index in [2.05, 4.69) is 42.5 Å². The summed E-state index contributed by atoms with van der Waals surface area (Å²) < 4.78 is 0. The first-order chi connectivity index (χ1) is 15.2. The summed E-state index contributed by atoms with van der Waals surface area (Å²) in [6.45, 7) is 3.09. The molecule has 0 radical (unpaired) electrons. The van der Waals surface area contributed by atoms with E-state index in [0.29, 0.717) is 18.9 Å². The molecule has 0 aromatic heterocycles. The van der Waals surface area contributed by atoms with E-state index in [0.717, 1.165) is 63.7 Å². The molecule has 2 fully saturated rings. The Morgan fingerprint density at radius 1 is 0.806 bits per heavy atom. The van der Waals surface area contributed by atoms with Crippen LogP contribution in [0.5, 0.6) is 0 Å². The molecule has 0 spiro atoms. The normalized spacial score (nSPS) is 20.5. The lowest BCUT2D eigenvalue weighted by molar-refractivity contribution is -0.142. The maximum absolute atomic E-state index is 13.2. The number of likely N-dealkylation sites (tertiary alicyclic amines) is 2. The molecule has 4 nitrogen and oxygen atoms in total. The second kappa shape index (κ2) is 10.6. The molecule has 0 bridgehead atoms. The van der Waals surface area contributed by atoms with E-state index in [-0.39, 0.29) is 17.7 Å². The molecule has 1 atom stereocenters. The number of hydrogen-bond donors (Lipinski definition) is 0. The van der Waals surface area contributed by atoms with Gasteiger partial charge >= 0.3 is 0 Å². The first-order valence-electron chi connectivity index (χ1n) is 11.8. The van der Waals surface area contributed by atoms with E-state index in [1.807, 2.05) is 28.0 Å². The monoisotopic (exact) mass is 418 g/mol. The van der Waals surface area contributed by atoms with Gasteiger partial charge in [0.15, 0.2) is 0 Å². The lowest BCUT2D eigenvalue weighted by Crippen LogP contribution is -2.42. The van der Waals surface area contributed by atoms with Gasteiger partial charge in [0.2, 0.25) is 11.8 Å². The lowest BCUT2D eigenvalue weighted by Gasteiger charge is -2.33. The number of hydrogen-bond acceptors (Lipinski definition) is 2. The van der Waals surface area contributed by atoms with E-state index in [1.54, 1.807) is 0 Å². The fourth-order valence-corrected chi connectivity index (χ4v) is 5.01. The van der Waals surface area contributed by atoms with Crippen LogP contribution in [0, 0.1) is 11.8 Å². The van der Waals surface area contributed by atoms with E-state index >= 15 is 0 Å². The number of piperidine rings is 1. The number of rotatable bonds is 6. The largest absolute Gasteiger partial charge is 0.343 e. The minimum Gasteiger partial charge on any atom is -0.343 e. The van der Waals surface area contributed by atoms with Crippen LogP contribution in [-0.4, -0.2) is 41.2 Å². The summed E-state index contributed by atoms with van der Waals surface area (Å²) in [7, 11) is 0. The van der Waals surface area contributed by atoms with Crippen molar-refractivity contribution in [3.05, 3.63) is 71.8 Å². The molecule has 0 saturated carbocycles. The van der Waals surface area contributed by atoms with Gasteiger partial charge in [-0.3, -0.25) is 9.59 Å². The quantitative estimate of drug-likeness (QED) is 0.683. The SMILES string of the molecule is O=C(CC1CCCCN(Cc2ccccc2)C1=O)N1CCC(Cc2ccccc2)CC1.